The van der Waals surface area contributed by atoms with Crippen molar-refractivity contribution in [3.8, 4) is 0 Å². The minimum atomic E-state index is -0.155. The van der Waals surface area contributed by atoms with Crippen molar-refractivity contribution in [1.82, 2.24) is 0 Å². The Balaban J connectivity index is 1.31. The van der Waals surface area contributed by atoms with E-state index in [0.29, 0.717) is 0 Å². The number of hydrogen-bond donors (Lipinski definition) is 2. The van der Waals surface area contributed by atoms with Crippen LogP contribution in [0.4, 0.5) is 11.4 Å². The molecule has 2 aliphatic rings. The predicted molar refractivity (Wildman–Crippen MR) is 218 cm³/mol. The summed E-state index contributed by atoms with van der Waals surface area (Å²) in [6.45, 7) is 12.0. The van der Waals surface area contributed by atoms with E-state index in [1.54, 1.807) is 0 Å². The number of halogens is 1. The van der Waals surface area contributed by atoms with Gasteiger partial charge in [0.15, 0.2) is 0 Å². The van der Waals surface area contributed by atoms with Crippen LogP contribution in [0.15, 0.2) is 107 Å². The van der Waals surface area contributed by atoms with E-state index in [4.69, 9.17) is 0 Å². The van der Waals surface area contributed by atoms with E-state index in [-0.39, 0.29) is 30.1 Å². The minimum absolute atomic E-state index is 0.0769. The van der Waals surface area contributed by atoms with Gasteiger partial charge in [-0.05, 0) is 88.7 Å². The molecule has 0 spiro atoms. The molecule has 0 aliphatic carbocycles. The van der Waals surface area contributed by atoms with Gasteiger partial charge in [0.2, 0.25) is 0 Å². The Morgan fingerprint density at radius 3 is 1.88 bits per heavy atom. The zero-order chi connectivity index (χ0) is 35.3. The van der Waals surface area contributed by atoms with Gasteiger partial charge in [0, 0.05) is 58.7 Å². The molecule has 0 saturated carbocycles. The molecule has 50 heavy (non-hydrogen) atoms. The minimum Gasteiger partial charge on any atom is -0.396 e. The van der Waals surface area contributed by atoms with Gasteiger partial charge in [-0.1, -0.05) is 136 Å². The van der Waals surface area contributed by atoms with Crippen molar-refractivity contribution in [3.63, 3.8) is 0 Å². The molecule has 0 bridgehead atoms. The molecule has 2 heterocycles. The van der Waals surface area contributed by atoms with Crippen LogP contribution >= 0.6 is 15.9 Å². The second kappa shape index (κ2) is 15.9. The summed E-state index contributed by atoms with van der Waals surface area (Å²) in [5, 5.41) is 23.9. The molecule has 0 amide bonds. The number of unbranched alkanes of at least 4 members (excludes halogenated alkanes) is 6. The molecule has 1 atom stereocenters. The average molecular weight is 736 g/mol. The van der Waals surface area contributed by atoms with Crippen LogP contribution in [0.2, 0.25) is 0 Å². The normalized spacial score (nSPS) is 19.0. The Kier molecular flexibility index (Phi) is 11.6. The van der Waals surface area contributed by atoms with E-state index in [1.807, 2.05) is 0 Å². The lowest BCUT2D eigenvalue weighted by molar-refractivity contribution is 0.282. The number of anilines is 2. The predicted octanol–water partition coefficient (Wildman–Crippen LogP) is 11.1. The highest BCUT2D eigenvalue weighted by Gasteiger charge is 2.44. The maximum absolute atomic E-state index is 9.31. The summed E-state index contributed by atoms with van der Waals surface area (Å²) < 4.78 is 1.06. The van der Waals surface area contributed by atoms with E-state index >= 15 is 0 Å². The molecule has 6 rings (SSSR count). The number of fused-ring (bicyclic) bond motifs is 6. The van der Waals surface area contributed by atoms with Crippen LogP contribution in [0.1, 0.15) is 90.2 Å². The van der Waals surface area contributed by atoms with Gasteiger partial charge in [-0.25, -0.2) is 0 Å². The third-order valence-corrected chi connectivity index (χ3v) is 11.7. The molecule has 264 valence electrons. The quantitative estimate of drug-likeness (QED) is 0.0943. The summed E-state index contributed by atoms with van der Waals surface area (Å²) in [7, 11) is 0. The third-order valence-electron chi connectivity index (χ3n) is 11.1. The van der Waals surface area contributed by atoms with Gasteiger partial charge in [0.25, 0.3) is 0 Å². The van der Waals surface area contributed by atoms with E-state index < -0.39 is 0 Å². The lowest BCUT2D eigenvalue weighted by Gasteiger charge is -2.32. The largest absolute Gasteiger partial charge is 0.396 e. The Morgan fingerprint density at radius 2 is 1.24 bits per heavy atom. The Labute approximate surface area is 308 Å². The van der Waals surface area contributed by atoms with Crippen molar-refractivity contribution >= 4 is 48.8 Å². The fourth-order valence-corrected chi connectivity index (χ4v) is 8.91. The zero-order valence-corrected chi connectivity index (χ0v) is 32.1. The fourth-order valence-electron chi connectivity index (χ4n) is 8.62. The molecule has 4 aromatic rings. The average Bonchev–Trinajstić information content (AvgIpc) is 3.47. The van der Waals surface area contributed by atoms with E-state index in [2.05, 4.69) is 151 Å². The number of benzene rings is 4. The summed E-state index contributed by atoms with van der Waals surface area (Å²) in [5.74, 6) is 0. The molecular weight excluding hydrogens is 680 g/mol. The summed E-state index contributed by atoms with van der Waals surface area (Å²) in [6, 6.07) is 27.0. The molecule has 0 aromatic heterocycles. The Hall–Kier alpha value is -3.38. The van der Waals surface area contributed by atoms with Gasteiger partial charge in [-0.2, -0.15) is 0 Å². The molecule has 1 unspecified atom stereocenters. The first kappa shape index (κ1) is 36.4. The van der Waals surface area contributed by atoms with Gasteiger partial charge in [-0.3, -0.25) is 0 Å². The summed E-state index contributed by atoms with van der Waals surface area (Å²) in [4.78, 5) is 5.16. The van der Waals surface area contributed by atoms with Crippen LogP contribution in [0.5, 0.6) is 0 Å². The van der Waals surface area contributed by atoms with Crippen LogP contribution in [-0.2, 0) is 10.8 Å². The smallest absolute Gasteiger partial charge is 0.0569 e. The number of aliphatic hydroxyl groups is 2. The molecule has 4 aromatic carbocycles. The SMILES string of the molecule is CC1(C)\C(=C/C=C(Br)/C=C/C2N(CCCCCCO)c3ccc4ccccc4c3C2(C)C)N(CCCCCCO)c2ccc3ccccc3c21. The van der Waals surface area contributed by atoms with E-state index in [0.717, 1.165) is 68.9 Å². The van der Waals surface area contributed by atoms with Crippen molar-refractivity contribution in [1.29, 1.82) is 0 Å². The van der Waals surface area contributed by atoms with Crippen LogP contribution < -0.4 is 9.80 Å². The van der Waals surface area contributed by atoms with Crippen LogP contribution in [-0.4, -0.2) is 42.6 Å². The molecule has 0 saturated heterocycles. The third kappa shape index (κ3) is 7.20. The molecule has 0 fully saturated rings. The first-order valence-corrected chi connectivity index (χ1v) is 19.6. The first-order chi connectivity index (χ1) is 24.2. The monoisotopic (exact) mass is 734 g/mol. The first-order valence-electron chi connectivity index (χ1n) is 18.8. The molecule has 2 aliphatic heterocycles. The second-order valence-electron chi connectivity index (χ2n) is 15.2. The van der Waals surface area contributed by atoms with E-state index in [1.165, 1.54) is 49.7 Å². The van der Waals surface area contributed by atoms with Crippen molar-refractivity contribution in [3.05, 3.63) is 118 Å². The van der Waals surface area contributed by atoms with Gasteiger partial charge >= 0.3 is 0 Å². The molecule has 5 heteroatoms. The zero-order valence-electron chi connectivity index (χ0n) is 30.5. The highest BCUT2D eigenvalue weighted by molar-refractivity contribution is 9.11. The van der Waals surface area contributed by atoms with Gasteiger partial charge in [-0.15, -0.1) is 0 Å². The lowest BCUT2D eigenvalue weighted by Crippen LogP contribution is -2.40. The summed E-state index contributed by atoms with van der Waals surface area (Å²) in [5.41, 5.74) is 6.60. The van der Waals surface area contributed by atoms with Crippen LogP contribution in [0.25, 0.3) is 21.5 Å². The number of aliphatic hydroxyl groups excluding tert-OH is 2. The van der Waals surface area contributed by atoms with Gasteiger partial charge in [0.1, 0.15) is 0 Å². The molecule has 0 radical (unpaired) electrons. The number of rotatable bonds is 15. The highest BCUT2D eigenvalue weighted by Crippen LogP contribution is 2.51. The fraction of sp³-hybridized carbons (Fsp3) is 0.422. The highest BCUT2D eigenvalue weighted by atomic mass is 79.9. The van der Waals surface area contributed by atoms with Crippen molar-refractivity contribution in [2.75, 3.05) is 36.1 Å². The van der Waals surface area contributed by atoms with Gasteiger partial charge < -0.3 is 20.0 Å². The molecular formula is C45H55BrN2O2. The standard InChI is InChI=1S/C45H55BrN2O2/c1-44(2)40(47(29-13-5-7-15-31-49)38-25-21-33-17-9-11-19-36(33)42(38)44)27-23-35(46)24-28-41-45(3,4)43-37-20-12-10-18-34(37)22-26-39(43)48(41)30-14-6-8-16-32-50/h9-12,17-28,40,49-50H,5-8,13-16,29-32H2,1-4H3/b27-23+,35-24-,41-28+. The second-order valence-corrected chi connectivity index (χ2v) is 16.2. The van der Waals surface area contributed by atoms with Crippen molar-refractivity contribution in [2.45, 2.75) is 95.9 Å². The number of hydrogen-bond acceptors (Lipinski definition) is 4. The van der Waals surface area contributed by atoms with Crippen LogP contribution in [0.3, 0.4) is 0 Å². The van der Waals surface area contributed by atoms with Crippen LogP contribution in [0, 0.1) is 0 Å². The summed E-state index contributed by atoms with van der Waals surface area (Å²) in [6.07, 6.45) is 17.6. The summed E-state index contributed by atoms with van der Waals surface area (Å²) >= 11 is 3.96. The topological polar surface area (TPSA) is 46.9 Å². The Morgan fingerprint density at radius 1 is 0.680 bits per heavy atom. The molecule has 4 nitrogen and oxygen atoms in total. The number of nitrogens with zero attached hydrogens (tertiary/aromatic N) is 2. The lowest BCUT2D eigenvalue weighted by atomic mass is 9.78. The van der Waals surface area contributed by atoms with Crippen molar-refractivity contribution < 1.29 is 10.2 Å². The van der Waals surface area contributed by atoms with Gasteiger partial charge in [0.05, 0.1) is 6.04 Å². The Bertz CT molecular complexity index is 1890. The number of allylic oxidation sites excluding steroid dienone is 5. The maximum Gasteiger partial charge on any atom is 0.0569 e. The van der Waals surface area contributed by atoms with E-state index in [9.17, 15) is 10.2 Å². The molecule has 2 N–H and O–H groups in total. The van der Waals surface area contributed by atoms with Crippen molar-refractivity contribution in [2.24, 2.45) is 0 Å². The maximum atomic E-state index is 9.31.